The number of rotatable bonds is 6. The highest BCUT2D eigenvalue weighted by Gasteiger charge is 2.21. The number of aryl methyl sites for hydroxylation is 1. The first-order chi connectivity index (χ1) is 10.9. The lowest BCUT2D eigenvalue weighted by Crippen LogP contribution is -2.27. The van der Waals surface area contributed by atoms with Gasteiger partial charge in [-0.2, -0.15) is 5.10 Å². The van der Waals surface area contributed by atoms with Gasteiger partial charge in [-0.1, -0.05) is 18.5 Å². The maximum absolute atomic E-state index is 13.0. The second kappa shape index (κ2) is 7.57. The van der Waals surface area contributed by atoms with Gasteiger partial charge in [0, 0.05) is 6.54 Å². The van der Waals surface area contributed by atoms with Crippen LogP contribution in [-0.2, 0) is 0 Å². The third-order valence-electron chi connectivity index (χ3n) is 3.54. The summed E-state index contributed by atoms with van der Waals surface area (Å²) < 4.78 is 14.4. The fourth-order valence-corrected chi connectivity index (χ4v) is 2.51. The first-order valence-electron chi connectivity index (χ1n) is 7.41. The number of aliphatic hydroxyl groups excluding tert-OH is 1. The third-order valence-corrected chi connectivity index (χ3v) is 3.89. The van der Waals surface area contributed by atoms with Gasteiger partial charge in [-0.3, -0.25) is 4.79 Å². The SMILES string of the molecule is CCC(O)CCNC(=O)c1c(C)nn(-c2ccc(F)cc2)c1Cl. The maximum Gasteiger partial charge on any atom is 0.256 e. The molecule has 1 heterocycles. The van der Waals surface area contributed by atoms with Crippen LogP contribution in [-0.4, -0.2) is 33.4 Å². The molecule has 0 bridgehead atoms. The summed E-state index contributed by atoms with van der Waals surface area (Å²) >= 11 is 6.26. The molecule has 124 valence electrons. The van der Waals surface area contributed by atoms with Crippen LogP contribution < -0.4 is 5.32 Å². The van der Waals surface area contributed by atoms with Crippen LogP contribution in [0.2, 0.25) is 5.15 Å². The van der Waals surface area contributed by atoms with Gasteiger partial charge in [0.1, 0.15) is 11.0 Å². The van der Waals surface area contributed by atoms with Crippen LogP contribution in [0, 0.1) is 12.7 Å². The van der Waals surface area contributed by atoms with E-state index < -0.39 is 6.10 Å². The van der Waals surface area contributed by atoms with Crippen molar-refractivity contribution in [2.24, 2.45) is 0 Å². The maximum atomic E-state index is 13.0. The second-order valence-electron chi connectivity index (χ2n) is 5.25. The number of carbonyl (C=O) groups is 1. The van der Waals surface area contributed by atoms with E-state index in [2.05, 4.69) is 10.4 Å². The number of aliphatic hydroxyl groups is 1. The number of aromatic nitrogens is 2. The highest BCUT2D eigenvalue weighted by Crippen LogP contribution is 2.23. The summed E-state index contributed by atoms with van der Waals surface area (Å²) in [7, 11) is 0. The molecule has 0 aliphatic heterocycles. The van der Waals surface area contributed by atoms with Gasteiger partial charge in [0.25, 0.3) is 5.91 Å². The van der Waals surface area contributed by atoms with E-state index in [0.29, 0.717) is 30.8 Å². The Labute approximate surface area is 139 Å². The molecule has 23 heavy (non-hydrogen) atoms. The van der Waals surface area contributed by atoms with Gasteiger partial charge in [0.15, 0.2) is 0 Å². The molecule has 1 atom stereocenters. The molecule has 1 aromatic carbocycles. The van der Waals surface area contributed by atoms with Crippen molar-refractivity contribution in [3.63, 3.8) is 0 Å². The summed E-state index contributed by atoms with van der Waals surface area (Å²) in [6.45, 7) is 3.91. The molecule has 1 amide bonds. The fourth-order valence-electron chi connectivity index (χ4n) is 2.16. The molecule has 0 saturated carbocycles. The Morgan fingerprint density at radius 2 is 2.09 bits per heavy atom. The first-order valence-corrected chi connectivity index (χ1v) is 7.79. The summed E-state index contributed by atoms with van der Waals surface area (Å²) in [6, 6.07) is 5.67. The normalized spacial score (nSPS) is 12.2. The minimum absolute atomic E-state index is 0.169. The topological polar surface area (TPSA) is 67.2 Å². The van der Waals surface area contributed by atoms with Crippen LogP contribution >= 0.6 is 11.6 Å². The predicted octanol–water partition coefficient (Wildman–Crippen LogP) is 2.86. The minimum atomic E-state index is -0.436. The average molecular weight is 340 g/mol. The lowest BCUT2D eigenvalue weighted by Gasteiger charge is -2.09. The Morgan fingerprint density at radius 1 is 1.43 bits per heavy atom. The number of hydrogen-bond donors (Lipinski definition) is 2. The van der Waals surface area contributed by atoms with Gasteiger partial charge < -0.3 is 10.4 Å². The largest absolute Gasteiger partial charge is 0.393 e. The van der Waals surface area contributed by atoms with Gasteiger partial charge >= 0.3 is 0 Å². The van der Waals surface area contributed by atoms with Crippen molar-refractivity contribution < 1.29 is 14.3 Å². The van der Waals surface area contributed by atoms with E-state index in [1.54, 1.807) is 6.92 Å². The monoisotopic (exact) mass is 339 g/mol. The van der Waals surface area contributed by atoms with E-state index in [1.807, 2.05) is 6.92 Å². The number of amides is 1. The molecule has 1 aromatic heterocycles. The molecule has 0 aliphatic carbocycles. The minimum Gasteiger partial charge on any atom is -0.393 e. The molecule has 0 spiro atoms. The molecule has 0 aliphatic rings. The Bertz CT molecular complexity index is 685. The van der Waals surface area contributed by atoms with Crippen molar-refractivity contribution in [3.8, 4) is 5.69 Å². The summed E-state index contributed by atoms with van der Waals surface area (Å²) in [5, 5.41) is 16.6. The Hall–Kier alpha value is -1.92. The second-order valence-corrected chi connectivity index (χ2v) is 5.60. The van der Waals surface area contributed by atoms with Gasteiger partial charge in [0.05, 0.1) is 23.0 Å². The third kappa shape index (κ3) is 4.09. The van der Waals surface area contributed by atoms with Gasteiger partial charge in [0.2, 0.25) is 0 Å². The van der Waals surface area contributed by atoms with Crippen molar-refractivity contribution in [1.29, 1.82) is 0 Å². The van der Waals surface area contributed by atoms with Crippen LogP contribution in [0.5, 0.6) is 0 Å². The van der Waals surface area contributed by atoms with Crippen LogP contribution in [0.25, 0.3) is 5.69 Å². The first kappa shape index (κ1) is 17.4. The highest BCUT2D eigenvalue weighted by atomic mass is 35.5. The number of carbonyl (C=O) groups excluding carboxylic acids is 1. The highest BCUT2D eigenvalue weighted by molar-refractivity contribution is 6.33. The molecule has 0 radical (unpaired) electrons. The lowest BCUT2D eigenvalue weighted by molar-refractivity contribution is 0.0941. The van der Waals surface area contributed by atoms with E-state index in [-0.39, 0.29) is 22.4 Å². The summed E-state index contributed by atoms with van der Waals surface area (Å²) in [4.78, 5) is 12.3. The Morgan fingerprint density at radius 3 is 2.70 bits per heavy atom. The van der Waals surface area contributed by atoms with E-state index in [0.717, 1.165) is 0 Å². The summed E-state index contributed by atoms with van der Waals surface area (Å²) in [5.41, 5.74) is 1.33. The summed E-state index contributed by atoms with van der Waals surface area (Å²) in [5.74, 6) is -0.703. The van der Waals surface area contributed by atoms with E-state index in [9.17, 15) is 14.3 Å². The van der Waals surface area contributed by atoms with Gasteiger partial charge in [-0.15, -0.1) is 0 Å². The van der Waals surface area contributed by atoms with Crippen molar-refractivity contribution in [3.05, 3.63) is 46.5 Å². The Balaban J connectivity index is 2.17. The number of nitrogens with zero attached hydrogens (tertiary/aromatic N) is 2. The smallest absolute Gasteiger partial charge is 0.256 e. The zero-order valence-electron chi connectivity index (χ0n) is 13.0. The zero-order valence-corrected chi connectivity index (χ0v) is 13.8. The van der Waals surface area contributed by atoms with Crippen LogP contribution in [0.4, 0.5) is 4.39 Å². The lowest BCUT2D eigenvalue weighted by atomic mass is 10.2. The number of benzene rings is 1. The molecule has 5 nitrogen and oxygen atoms in total. The molecule has 2 aromatic rings. The fraction of sp³-hybridized carbons (Fsp3) is 0.375. The zero-order chi connectivity index (χ0) is 17.0. The molecule has 2 rings (SSSR count). The van der Waals surface area contributed by atoms with Crippen molar-refractivity contribution in [1.82, 2.24) is 15.1 Å². The quantitative estimate of drug-likeness (QED) is 0.850. The van der Waals surface area contributed by atoms with Gasteiger partial charge in [-0.25, -0.2) is 9.07 Å². The predicted molar refractivity (Wildman–Crippen MR) is 86.5 cm³/mol. The van der Waals surface area contributed by atoms with E-state index in [4.69, 9.17) is 11.6 Å². The number of halogens is 2. The molecule has 2 N–H and O–H groups in total. The van der Waals surface area contributed by atoms with E-state index in [1.165, 1.54) is 28.9 Å². The molecule has 0 saturated heterocycles. The average Bonchev–Trinajstić information content (AvgIpc) is 2.82. The molecule has 0 fully saturated rings. The molecular weight excluding hydrogens is 321 g/mol. The van der Waals surface area contributed by atoms with Crippen molar-refractivity contribution in [2.45, 2.75) is 32.8 Å². The molecule has 7 heteroatoms. The number of nitrogens with one attached hydrogen (secondary N) is 1. The van der Waals surface area contributed by atoms with Crippen LogP contribution in [0.1, 0.15) is 35.8 Å². The van der Waals surface area contributed by atoms with Gasteiger partial charge in [-0.05, 0) is 44.0 Å². The Kier molecular flexibility index (Phi) is 5.74. The standard InChI is InChI=1S/C16H19ClFN3O2/c1-3-13(22)8-9-19-16(23)14-10(2)20-21(15(14)17)12-6-4-11(18)5-7-12/h4-7,13,22H,3,8-9H2,1-2H3,(H,19,23). The molecule has 1 unspecified atom stereocenters. The van der Waals surface area contributed by atoms with Crippen molar-refractivity contribution in [2.75, 3.05) is 6.54 Å². The van der Waals surface area contributed by atoms with Crippen molar-refractivity contribution >= 4 is 17.5 Å². The van der Waals surface area contributed by atoms with Crippen LogP contribution in [0.15, 0.2) is 24.3 Å². The molecular formula is C16H19ClFN3O2. The summed E-state index contributed by atoms with van der Waals surface area (Å²) in [6.07, 6.45) is 0.678. The van der Waals surface area contributed by atoms with Crippen LogP contribution in [0.3, 0.4) is 0 Å². The number of hydrogen-bond acceptors (Lipinski definition) is 3. The van der Waals surface area contributed by atoms with E-state index >= 15 is 0 Å².